The third kappa shape index (κ3) is 31.6. The summed E-state index contributed by atoms with van der Waals surface area (Å²) in [7, 11) is -0.500. The molecule has 0 rings (SSSR count). The second kappa shape index (κ2) is 18.1. The predicted molar refractivity (Wildman–Crippen MR) is 36.0 cm³/mol. The minimum atomic E-state index is -0.500. The van der Waals surface area contributed by atoms with Crippen LogP contribution in [0.4, 0.5) is 4.20 Å². The fourth-order valence-electron chi connectivity index (χ4n) is 0. The van der Waals surface area contributed by atoms with Crippen molar-refractivity contribution in [2.24, 2.45) is 0 Å². The fourth-order valence-corrected chi connectivity index (χ4v) is 0. The molecule has 0 amide bonds. The molecule has 0 aromatic carbocycles. The van der Waals surface area contributed by atoms with E-state index in [0.717, 1.165) is 0 Å². The van der Waals surface area contributed by atoms with E-state index in [0.29, 0.717) is 0 Å². The Kier molecular flexibility index (Phi) is 58.5. The van der Waals surface area contributed by atoms with E-state index < -0.39 is 7.67 Å². The molecule has 0 aromatic heterocycles. The van der Waals surface area contributed by atoms with Gasteiger partial charge in [-0.2, -0.15) is 4.20 Å². The molecule has 0 nitrogen and oxygen atoms in total. The molecule has 0 atom stereocenters. The van der Waals surface area contributed by atoms with Gasteiger partial charge in [-0.1, -0.05) is 0 Å². The molecular formula is H2Br2FPS. The largest absolute Gasteiger partial charge is 0.191 e. The molecule has 0 saturated carbocycles. The average molecular weight is 244 g/mol. The Morgan fingerprint density at radius 1 is 1.40 bits per heavy atom. The van der Waals surface area contributed by atoms with Crippen molar-refractivity contribution in [3.63, 3.8) is 0 Å². The van der Waals surface area contributed by atoms with E-state index >= 15 is 0 Å². The van der Waals surface area contributed by atoms with Crippen LogP contribution < -0.4 is 0 Å². The van der Waals surface area contributed by atoms with Crippen LogP contribution in [0.3, 0.4) is 0 Å². The zero-order chi connectivity index (χ0) is 2.71. The van der Waals surface area contributed by atoms with Gasteiger partial charge in [0.1, 0.15) is 0 Å². The average Bonchev–Trinajstić information content (AvgIpc) is 0.918. The van der Waals surface area contributed by atoms with Crippen molar-refractivity contribution in [2.75, 3.05) is 0 Å². The summed E-state index contributed by atoms with van der Waals surface area (Å²) in [5, 5.41) is 0. The quantitative estimate of drug-likeness (QED) is 0.589. The molecule has 0 N–H and O–H groups in total. The van der Waals surface area contributed by atoms with E-state index in [2.05, 4.69) is 11.8 Å². The third-order valence-electron chi connectivity index (χ3n) is 0. The van der Waals surface area contributed by atoms with Crippen molar-refractivity contribution in [1.29, 1.82) is 0 Å². The highest BCUT2D eigenvalue weighted by Crippen LogP contribution is 1.84. The van der Waals surface area contributed by atoms with Crippen LogP contribution in [0.15, 0.2) is 0 Å². The Hall–Kier alpha value is 1.41. The number of hydrogen-bond acceptors (Lipinski definition) is 1. The maximum atomic E-state index is 10.1. The number of hydrogen-bond donors (Lipinski definition) is 0. The van der Waals surface area contributed by atoms with Gasteiger partial charge in [-0.25, -0.2) is 0 Å². The highest BCUT2D eigenvalue weighted by Gasteiger charge is 1.27. The van der Waals surface area contributed by atoms with Crippen LogP contribution in [-0.2, 0) is 11.8 Å². The Morgan fingerprint density at radius 3 is 1.40 bits per heavy atom. The summed E-state index contributed by atoms with van der Waals surface area (Å²) in [6.07, 6.45) is 0. The van der Waals surface area contributed by atoms with Crippen molar-refractivity contribution in [3.05, 3.63) is 0 Å². The molecule has 0 unspecified atom stereocenters. The van der Waals surface area contributed by atoms with Crippen LogP contribution in [0, 0.1) is 0 Å². The molecule has 0 spiro atoms. The number of halogens is 3. The van der Waals surface area contributed by atoms with Gasteiger partial charge < -0.3 is 0 Å². The van der Waals surface area contributed by atoms with Crippen LogP contribution in [0.5, 0.6) is 0 Å². The van der Waals surface area contributed by atoms with E-state index in [1.807, 2.05) is 0 Å². The van der Waals surface area contributed by atoms with Crippen molar-refractivity contribution in [2.45, 2.75) is 0 Å². The Balaban J connectivity index is -0.0000000200. The van der Waals surface area contributed by atoms with E-state index in [1.54, 1.807) is 0 Å². The van der Waals surface area contributed by atoms with Gasteiger partial charge in [0.2, 0.25) is 0 Å². The lowest BCUT2D eigenvalue weighted by atomic mass is 18.9. The summed E-state index contributed by atoms with van der Waals surface area (Å²) in [6.45, 7) is 0. The minimum Gasteiger partial charge on any atom is -0.172 e. The van der Waals surface area contributed by atoms with Crippen molar-refractivity contribution >= 4 is 53.4 Å². The van der Waals surface area contributed by atoms with E-state index in [4.69, 9.17) is 0 Å². The zero-order valence-corrected chi connectivity index (χ0v) is 7.19. The third-order valence-corrected chi connectivity index (χ3v) is 0. The molecule has 0 saturated heterocycles. The molecular weight excluding hydrogens is 242 g/mol. The highest BCUT2D eigenvalue weighted by molar-refractivity contribution is 8.93. The topological polar surface area (TPSA) is 0 Å². The molecule has 0 heterocycles. The summed E-state index contributed by atoms with van der Waals surface area (Å²) in [4.78, 5) is 0. The normalized spacial score (nSPS) is 4.20. The smallest absolute Gasteiger partial charge is 0.172 e. The van der Waals surface area contributed by atoms with Gasteiger partial charge in [-0.3, -0.25) is 0 Å². The fraction of sp³-hybridized carbons (Fsp3) is 0. The van der Waals surface area contributed by atoms with Crippen LogP contribution in [0.1, 0.15) is 0 Å². The van der Waals surface area contributed by atoms with Crippen LogP contribution in [0.2, 0.25) is 0 Å². The van der Waals surface area contributed by atoms with Crippen LogP contribution in [-0.4, -0.2) is 0 Å². The van der Waals surface area contributed by atoms with Gasteiger partial charge in [0.05, 0.1) is 0 Å². The lowest BCUT2D eigenvalue weighted by molar-refractivity contribution is 0.939. The predicted octanol–water partition coefficient (Wildman–Crippen LogP) is 2.43. The Morgan fingerprint density at radius 2 is 1.40 bits per heavy atom. The summed E-state index contributed by atoms with van der Waals surface area (Å²) in [6, 6.07) is 0. The second-order valence-electron chi connectivity index (χ2n) is 0.0690. The number of rotatable bonds is 0. The lowest BCUT2D eigenvalue weighted by Crippen LogP contribution is -0.717. The van der Waals surface area contributed by atoms with Gasteiger partial charge in [0.15, 0.2) is 7.67 Å². The monoisotopic (exact) mass is 242 g/mol. The molecule has 0 aliphatic carbocycles. The Bertz CT molecular complexity index is 17.1. The molecule has 34 valence electrons. The van der Waals surface area contributed by atoms with Gasteiger partial charge >= 0.3 is 0 Å². The first-order chi connectivity index (χ1) is 1.41. The molecule has 0 radical (unpaired) electrons. The van der Waals surface area contributed by atoms with Crippen molar-refractivity contribution in [3.8, 4) is 0 Å². The van der Waals surface area contributed by atoms with Gasteiger partial charge in [-0.05, 0) is 11.8 Å². The first-order valence-electron chi connectivity index (χ1n) is 0.352. The van der Waals surface area contributed by atoms with Gasteiger partial charge in [-0.15, -0.1) is 34.0 Å². The molecule has 0 fully saturated rings. The van der Waals surface area contributed by atoms with Crippen LogP contribution in [0.25, 0.3) is 0 Å². The first kappa shape index (κ1) is 16.1. The zero-order valence-electron chi connectivity index (χ0n) is 2.05. The molecule has 0 aromatic rings. The first-order valence-corrected chi connectivity index (χ1v) is 2.15. The molecule has 5 heteroatoms. The van der Waals surface area contributed by atoms with E-state index in [9.17, 15) is 4.20 Å². The highest BCUT2D eigenvalue weighted by atomic mass is 79.9. The molecule has 0 aliphatic heterocycles. The molecule has 0 bridgehead atoms. The van der Waals surface area contributed by atoms with Crippen molar-refractivity contribution in [1.82, 2.24) is 0 Å². The summed E-state index contributed by atoms with van der Waals surface area (Å²) in [5.41, 5.74) is 0. The maximum absolute atomic E-state index is 10.1. The maximum Gasteiger partial charge on any atom is 0.191 e. The standard InChI is InChI=1S/2BrH.FPS/c;;1-2-3/h2*1H;. The van der Waals surface area contributed by atoms with E-state index in [1.165, 1.54) is 0 Å². The summed E-state index contributed by atoms with van der Waals surface area (Å²) >= 11 is 3.70. The lowest BCUT2D eigenvalue weighted by Gasteiger charge is -1.20. The van der Waals surface area contributed by atoms with Crippen molar-refractivity contribution < 1.29 is 4.20 Å². The van der Waals surface area contributed by atoms with Gasteiger partial charge in [0, 0.05) is 0 Å². The van der Waals surface area contributed by atoms with E-state index in [-0.39, 0.29) is 34.0 Å². The molecule has 0 aliphatic rings. The summed E-state index contributed by atoms with van der Waals surface area (Å²) in [5.74, 6) is 0. The van der Waals surface area contributed by atoms with Gasteiger partial charge in [0.25, 0.3) is 0 Å². The molecule has 5 heavy (non-hydrogen) atoms. The SMILES string of the molecule is Br.Br.FP=S. The second-order valence-corrected chi connectivity index (χ2v) is 0.621. The summed E-state index contributed by atoms with van der Waals surface area (Å²) < 4.78 is 10.1. The Labute approximate surface area is 57.6 Å². The minimum absolute atomic E-state index is 0. The van der Waals surface area contributed by atoms with Crippen LogP contribution >= 0.6 is 41.6 Å².